The second kappa shape index (κ2) is 9.45. The quantitative estimate of drug-likeness (QED) is 0.457. The van der Waals surface area contributed by atoms with Gasteiger partial charge in [0.25, 0.3) is 0 Å². The van der Waals surface area contributed by atoms with E-state index in [2.05, 4.69) is 20.0 Å². The molecule has 0 aliphatic carbocycles. The van der Waals surface area contributed by atoms with Crippen molar-refractivity contribution in [1.82, 2.24) is 14.7 Å². The van der Waals surface area contributed by atoms with Crippen molar-refractivity contribution in [3.63, 3.8) is 0 Å². The predicted molar refractivity (Wildman–Crippen MR) is 114 cm³/mol. The minimum Gasteiger partial charge on any atom is -0.508 e. The van der Waals surface area contributed by atoms with Gasteiger partial charge in [-0.3, -0.25) is 9.59 Å². The van der Waals surface area contributed by atoms with Crippen LogP contribution in [-0.4, -0.2) is 41.7 Å². The Kier molecular flexibility index (Phi) is 6.73. The first-order valence-corrected chi connectivity index (χ1v) is 10.7. The van der Waals surface area contributed by atoms with Gasteiger partial charge in [0.2, 0.25) is 15.9 Å². The molecule has 0 saturated carbocycles. The summed E-state index contributed by atoms with van der Waals surface area (Å²) in [5.41, 5.74) is 1.40. The first-order valence-electron chi connectivity index (χ1n) is 9.26. The smallest absolute Gasteiger partial charge is 0.240 e. The summed E-state index contributed by atoms with van der Waals surface area (Å²) >= 11 is 0. The van der Waals surface area contributed by atoms with Crippen LogP contribution in [0.1, 0.15) is 23.7 Å². The highest BCUT2D eigenvalue weighted by Gasteiger charge is 2.15. The second-order valence-corrected chi connectivity index (χ2v) is 8.39. The SMILES string of the molecule is CC(=O)c1ccc(S(=O)(=O)NCCC(=O)Nc2cnc(-c3cccc(O)c3)nc2)cc1. The number of phenols is 1. The van der Waals surface area contributed by atoms with Gasteiger partial charge < -0.3 is 10.4 Å². The van der Waals surface area contributed by atoms with E-state index in [1.165, 1.54) is 55.7 Å². The van der Waals surface area contributed by atoms with Gasteiger partial charge in [0.05, 0.1) is 23.0 Å². The summed E-state index contributed by atoms with van der Waals surface area (Å²) in [5, 5.41) is 12.1. The molecule has 0 unspecified atom stereocenters. The van der Waals surface area contributed by atoms with Gasteiger partial charge in [0, 0.05) is 24.1 Å². The number of phenolic OH excluding ortho intramolecular Hbond substituents is 1. The number of Topliss-reactive ketones (excluding diaryl/α,β-unsaturated/α-hetero) is 1. The van der Waals surface area contributed by atoms with E-state index in [0.29, 0.717) is 22.6 Å². The van der Waals surface area contributed by atoms with Crippen molar-refractivity contribution in [1.29, 1.82) is 0 Å². The summed E-state index contributed by atoms with van der Waals surface area (Å²) in [6.45, 7) is 1.29. The van der Waals surface area contributed by atoms with Gasteiger partial charge in [0.1, 0.15) is 5.75 Å². The first kappa shape index (κ1) is 22.1. The van der Waals surface area contributed by atoms with E-state index in [1.54, 1.807) is 12.1 Å². The number of rotatable bonds is 8. The number of hydrogen-bond donors (Lipinski definition) is 3. The minimum absolute atomic E-state index is 0.00819. The summed E-state index contributed by atoms with van der Waals surface area (Å²) in [7, 11) is -3.80. The Morgan fingerprint density at radius 3 is 2.32 bits per heavy atom. The Labute approximate surface area is 179 Å². The van der Waals surface area contributed by atoms with E-state index in [1.807, 2.05) is 0 Å². The van der Waals surface area contributed by atoms with Gasteiger partial charge in [-0.15, -0.1) is 0 Å². The van der Waals surface area contributed by atoms with Gasteiger partial charge in [-0.2, -0.15) is 0 Å². The molecule has 2 aromatic carbocycles. The maximum Gasteiger partial charge on any atom is 0.240 e. The van der Waals surface area contributed by atoms with Crippen molar-refractivity contribution in [3.05, 3.63) is 66.5 Å². The molecule has 160 valence electrons. The highest BCUT2D eigenvalue weighted by Crippen LogP contribution is 2.20. The molecule has 1 amide bonds. The lowest BCUT2D eigenvalue weighted by Crippen LogP contribution is -2.28. The number of carbonyl (C=O) groups excluding carboxylic acids is 2. The van der Waals surface area contributed by atoms with E-state index in [4.69, 9.17) is 0 Å². The summed E-state index contributed by atoms with van der Waals surface area (Å²) in [4.78, 5) is 31.7. The molecule has 0 atom stereocenters. The Bertz CT molecular complexity index is 1190. The lowest BCUT2D eigenvalue weighted by molar-refractivity contribution is -0.116. The number of sulfonamides is 1. The number of aromatic nitrogens is 2. The van der Waals surface area contributed by atoms with Crippen LogP contribution in [0.3, 0.4) is 0 Å². The molecule has 0 fully saturated rings. The van der Waals surface area contributed by atoms with Crippen molar-refractivity contribution in [2.75, 3.05) is 11.9 Å². The van der Waals surface area contributed by atoms with E-state index in [-0.39, 0.29) is 29.4 Å². The van der Waals surface area contributed by atoms with Crippen molar-refractivity contribution < 1.29 is 23.1 Å². The largest absolute Gasteiger partial charge is 0.508 e. The molecule has 0 saturated heterocycles. The van der Waals surface area contributed by atoms with Crippen LogP contribution < -0.4 is 10.0 Å². The maximum atomic E-state index is 12.3. The number of hydrogen-bond acceptors (Lipinski definition) is 7. The second-order valence-electron chi connectivity index (χ2n) is 6.62. The van der Waals surface area contributed by atoms with Crippen LogP contribution in [0.5, 0.6) is 5.75 Å². The Morgan fingerprint density at radius 1 is 1.03 bits per heavy atom. The number of nitrogens with one attached hydrogen (secondary N) is 2. The van der Waals surface area contributed by atoms with Gasteiger partial charge in [0.15, 0.2) is 11.6 Å². The van der Waals surface area contributed by atoms with E-state index in [0.717, 1.165) is 0 Å². The zero-order valence-corrected chi connectivity index (χ0v) is 17.4. The molecule has 9 nitrogen and oxygen atoms in total. The van der Waals surface area contributed by atoms with E-state index in [9.17, 15) is 23.1 Å². The Morgan fingerprint density at radius 2 is 1.71 bits per heavy atom. The molecule has 31 heavy (non-hydrogen) atoms. The van der Waals surface area contributed by atoms with Crippen LogP contribution >= 0.6 is 0 Å². The molecule has 0 aliphatic heterocycles. The molecule has 3 rings (SSSR count). The van der Waals surface area contributed by atoms with E-state index >= 15 is 0 Å². The third-order valence-corrected chi connectivity index (χ3v) is 5.73. The van der Waals surface area contributed by atoms with Gasteiger partial charge in [-0.25, -0.2) is 23.1 Å². The van der Waals surface area contributed by atoms with Crippen LogP contribution in [0.25, 0.3) is 11.4 Å². The first-order chi connectivity index (χ1) is 14.7. The average molecular weight is 440 g/mol. The molecule has 1 heterocycles. The molecular formula is C21H20N4O5S. The fourth-order valence-corrected chi connectivity index (χ4v) is 3.69. The fourth-order valence-electron chi connectivity index (χ4n) is 2.66. The highest BCUT2D eigenvalue weighted by molar-refractivity contribution is 7.89. The average Bonchev–Trinajstić information content (AvgIpc) is 2.74. The summed E-state index contributed by atoms with van der Waals surface area (Å²) in [6, 6.07) is 12.0. The molecule has 1 aromatic heterocycles. The molecule has 0 bridgehead atoms. The molecular weight excluding hydrogens is 420 g/mol. The fraction of sp³-hybridized carbons (Fsp3) is 0.143. The summed E-state index contributed by atoms with van der Waals surface area (Å²) in [5.74, 6) is -0.0935. The lowest BCUT2D eigenvalue weighted by atomic mass is 10.2. The highest BCUT2D eigenvalue weighted by atomic mass is 32.2. The zero-order valence-electron chi connectivity index (χ0n) is 16.6. The standard InChI is InChI=1S/C21H20N4O5S/c1-14(26)15-5-7-19(8-6-15)31(29,30)24-10-9-20(28)25-17-12-22-21(23-13-17)16-3-2-4-18(27)11-16/h2-8,11-13,24,27H,9-10H2,1H3,(H,25,28). The summed E-state index contributed by atoms with van der Waals surface area (Å²) in [6.07, 6.45) is 2.75. The minimum atomic E-state index is -3.80. The number of nitrogens with zero attached hydrogens (tertiary/aromatic N) is 2. The van der Waals surface area contributed by atoms with Crippen LogP contribution in [0.2, 0.25) is 0 Å². The number of benzene rings is 2. The summed E-state index contributed by atoms with van der Waals surface area (Å²) < 4.78 is 26.9. The molecule has 0 radical (unpaired) electrons. The van der Waals surface area contributed by atoms with Gasteiger partial charge in [-0.1, -0.05) is 24.3 Å². The zero-order chi connectivity index (χ0) is 22.4. The predicted octanol–water partition coefficient (Wildman–Crippen LogP) is 2.36. The third kappa shape index (κ3) is 5.93. The lowest BCUT2D eigenvalue weighted by Gasteiger charge is -2.08. The van der Waals surface area contributed by atoms with Gasteiger partial charge >= 0.3 is 0 Å². The molecule has 10 heteroatoms. The third-order valence-electron chi connectivity index (χ3n) is 4.26. The van der Waals surface area contributed by atoms with Crippen molar-refractivity contribution in [2.45, 2.75) is 18.2 Å². The monoisotopic (exact) mass is 440 g/mol. The number of aromatic hydroxyl groups is 1. The maximum absolute atomic E-state index is 12.3. The molecule has 3 N–H and O–H groups in total. The number of amides is 1. The van der Waals surface area contributed by atoms with Crippen molar-refractivity contribution >= 4 is 27.4 Å². The molecule has 0 spiro atoms. The van der Waals surface area contributed by atoms with Crippen LogP contribution in [0, 0.1) is 0 Å². The Hall–Kier alpha value is -3.63. The Balaban J connectivity index is 1.52. The van der Waals surface area contributed by atoms with Crippen LogP contribution in [0.15, 0.2) is 65.8 Å². The number of ketones is 1. The topological polar surface area (TPSA) is 138 Å². The van der Waals surface area contributed by atoms with Crippen molar-refractivity contribution in [3.8, 4) is 17.1 Å². The molecule has 3 aromatic rings. The normalized spacial score (nSPS) is 11.1. The molecule has 0 aliphatic rings. The van der Waals surface area contributed by atoms with Crippen LogP contribution in [-0.2, 0) is 14.8 Å². The number of carbonyl (C=O) groups is 2. The van der Waals surface area contributed by atoms with Crippen molar-refractivity contribution in [2.24, 2.45) is 0 Å². The number of anilines is 1. The van der Waals surface area contributed by atoms with E-state index < -0.39 is 15.9 Å². The van der Waals surface area contributed by atoms with Crippen LogP contribution in [0.4, 0.5) is 5.69 Å². The van der Waals surface area contributed by atoms with Gasteiger partial charge in [-0.05, 0) is 31.2 Å².